The molecule has 0 spiro atoms. The van der Waals surface area contributed by atoms with Crippen molar-refractivity contribution >= 4 is 17.9 Å². The molecule has 1 atom stereocenters. The molecule has 18 heavy (non-hydrogen) atoms. The van der Waals surface area contributed by atoms with E-state index in [1.54, 1.807) is 13.8 Å². The number of carbonyl (C=O) groups is 2. The van der Waals surface area contributed by atoms with Crippen molar-refractivity contribution in [2.24, 2.45) is 5.92 Å². The molecule has 6 nitrogen and oxygen atoms in total. The molecule has 0 saturated carbocycles. The number of nitro benzene ring substituents is 1. The lowest BCUT2D eigenvalue weighted by molar-refractivity contribution is -0.384. The molecule has 1 rings (SSSR count). The molecular formula is C12H13NO5. The van der Waals surface area contributed by atoms with Crippen molar-refractivity contribution in [1.82, 2.24) is 0 Å². The van der Waals surface area contributed by atoms with Crippen LogP contribution < -0.4 is 0 Å². The number of aldehydes is 1. The number of nitrogens with zero attached hydrogens (tertiary/aromatic N) is 1. The highest BCUT2D eigenvalue weighted by Gasteiger charge is 2.19. The molecular weight excluding hydrogens is 238 g/mol. The smallest absolute Gasteiger partial charge is 0.338 e. The molecule has 0 N–H and O–H groups in total. The number of rotatable bonds is 5. The summed E-state index contributed by atoms with van der Waals surface area (Å²) in [5.74, 6) is -0.791. The van der Waals surface area contributed by atoms with Gasteiger partial charge in [0.05, 0.1) is 10.5 Å². The predicted octanol–water partition coefficient (Wildman–Crippen LogP) is 1.98. The van der Waals surface area contributed by atoms with Crippen LogP contribution in [0.2, 0.25) is 0 Å². The molecule has 6 heteroatoms. The Kier molecular flexibility index (Phi) is 4.53. The van der Waals surface area contributed by atoms with E-state index in [0.29, 0.717) is 6.29 Å². The first kappa shape index (κ1) is 13.8. The van der Waals surface area contributed by atoms with E-state index in [1.807, 2.05) is 0 Å². The number of hydrogen-bond acceptors (Lipinski definition) is 5. The van der Waals surface area contributed by atoms with Gasteiger partial charge in [0.15, 0.2) is 12.4 Å². The second-order valence-corrected chi connectivity index (χ2v) is 4.05. The van der Waals surface area contributed by atoms with E-state index < -0.39 is 17.0 Å². The summed E-state index contributed by atoms with van der Waals surface area (Å²) in [7, 11) is 0. The van der Waals surface area contributed by atoms with E-state index in [-0.39, 0.29) is 17.2 Å². The average Bonchev–Trinajstić information content (AvgIpc) is 2.35. The van der Waals surface area contributed by atoms with Gasteiger partial charge < -0.3 is 4.74 Å². The number of esters is 1. The third-order valence-electron chi connectivity index (χ3n) is 2.35. The fraction of sp³-hybridized carbons (Fsp3) is 0.333. The van der Waals surface area contributed by atoms with Gasteiger partial charge in [0.1, 0.15) is 0 Å². The van der Waals surface area contributed by atoms with Gasteiger partial charge in [-0.2, -0.15) is 0 Å². The molecule has 0 fully saturated rings. The number of ether oxygens (including phenoxy) is 1. The summed E-state index contributed by atoms with van der Waals surface area (Å²) in [6.45, 7) is 3.50. The first-order chi connectivity index (χ1) is 8.45. The lowest BCUT2D eigenvalue weighted by Crippen LogP contribution is -2.25. The van der Waals surface area contributed by atoms with E-state index in [4.69, 9.17) is 4.74 Å². The monoisotopic (exact) mass is 251 g/mol. The Labute approximate surface area is 104 Å². The number of nitro groups is 1. The zero-order valence-corrected chi connectivity index (χ0v) is 10.0. The van der Waals surface area contributed by atoms with Gasteiger partial charge in [0, 0.05) is 12.1 Å². The van der Waals surface area contributed by atoms with E-state index in [2.05, 4.69) is 0 Å². The van der Waals surface area contributed by atoms with E-state index in [9.17, 15) is 19.7 Å². The molecule has 0 radical (unpaired) electrons. The minimum Gasteiger partial charge on any atom is -0.451 e. The van der Waals surface area contributed by atoms with Crippen molar-refractivity contribution in [1.29, 1.82) is 0 Å². The van der Waals surface area contributed by atoms with Crippen molar-refractivity contribution in [2.75, 3.05) is 0 Å². The summed E-state index contributed by atoms with van der Waals surface area (Å²) >= 11 is 0. The first-order valence-corrected chi connectivity index (χ1v) is 5.36. The highest BCUT2D eigenvalue weighted by molar-refractivity contribution is 5.90. The average molecular weight is 251 g/mol. The Balaban J connectivity index is 2.78. The molecule has 0 bridgehead atoms. The van der Waals surface area contributed by atoms with E-state index in [1.165, 1.54) is 24.3 Å². The maximum atomic E-state index is 11.6. The van der Waals surface area contributed by atoms with Crippen LogP contribution in [-0.4, -0.2) is 23.3 Å². The number of hydrogen-bond donors (Lipinski definition) is 0. The Morgan fingerprint density at radius 1 is 1.33 bits per heavy atom. The summed E-state index contributed by atoms with van der Waals surface area (Å²) in [6.07, 6.45) is -0.249. The number of carbonyl (C=O) groups excluding carboxylic acids is 2. The molecule has 0 aliphatic heterocycles. The first-order valence-electron chi connectivity index (χ1n) is 5.36. The predicted molar refractivity (Wildman–Crippen MR) is 63.2 cm³/mol. The van der Waals surface area contributed by atoms with Gasteiger partial charge in [0.2, 0.25) is 0 Å². The molecule has 0 amide bonds. The molecule has 0 aliphatic carbocycles. The van der Waals surface area contributed by atoms with Crippen LogP contribution in [0.1, 0.15) is 24.2 Å². The van der Waals surface area contributed by atoms with Gasteiger partial charge in [0.25, 0.3) is 5.69 Å². The molecule has 1 aromatic carbocycles. The second-order valence-electron chi connectivity index (χ2n) is 4.05. The van der Waals surface area contributed by atoms with Crippen LogP contribution in [0, 0.1) is 16.0 Å². The summed E-state index contributed by atoms with van der Waals surface area (Å²) < 4.78 is 4.97. The van der Waals surface area contributed by atoms with Gasteiger partial charge in [-0.25, -0.2) is 4.79 Å². The van der Waals surface area contributed by atoms with Crippen molar-refractivity contribution < 1.29 is 19.2 Å². The maximum absolute atomic E-state index is 11.6. The van der Waals surface area contributed by atoms with Crippen LogP contribution in [0.3, 0.4) is 0 Å². The number of benzene rings is 1. The summed E-state index contributed by atoms with van der Waals surface area (Å²) in [5, 5.41) is 10.4. The van der Waals surface area contributed by atoms with Crippen LogP contribution in [0.5, 0.6) is 0 Å². The quantitative estimate of drug-likeness (QED) is 0.345. The van der Waals surface area contributed by atoms with Crippen molar-refractivity contribution in [3.05, 3.63) is 39.9 Å². The standard InChI is InChI=1S/C12H13NO5/c1-8(2)11(7-14)18-12(15)9-3-5-10(6-4-9)13(16)17/h3-8,11H,1-2H3. The van der Waals surface area contributed by atoms with Crippen LogP contribution in [0.25, 0.3) is 0 Å². The largest absolute Gasteiger partial charge is 0.451 e. The Hall–Kier alpha value is -2.24. The van der Waals surface area contributed by atoms with Crippen molar-refractivity contribution in [3.63, 3.8) is 0 Å². The highest BCUT2D eigenvalue weighted by Crippen LogP contribution is 2.14. The van der Waals surface area contributed by atoms with Crippen LogP contribution in [-0.2, 0) is 9.53 Å². The fourth-order valence-electron chi connectivity index (χ4n) is 1.23. The van der Waals surface area contributed by atoms with Gasteiger partial charge >= 0.3 is 5.97 Å². The van der Waals surface area contributed by atoms with Crippen molar-refractivity contribution in [2.45, 2.75) is 20.0 Å². The summed E-state index contributed by atoms with van der Waals surface area (Å²) in [6, 6.07) is 5.01. The van der Waals surface area contributed by atoms with Crippen LogP contribution in [0.4, 0.5) is 5.69 Å². The van der Waals surface area contributed by atoms with Gasteiger partial charge in [-0.1, -0.05) is 13.8 Å². The highest BCUT2D eigenvalue weighted by atomic mass is 16.6. The van der Waals surface area contributed by atoms with E-state index >= 15 is 0 Å². The molecule has 0 saturated heterocycles. The van der Waals surface area contributed by atoms with Crippen LogP contribution >= 0.6 is 0 Å². The molecule has 1 aromatic rings. The van der Waals surface area contributed by atoms with Crippen LogP contribution in [0.15, 0.2) is 24.3 Å². The van der Waals surface area contributed by atoms with Crippen molar-refractivity contribution in [3.8, 4) is 0 Å². The summed E-state index contributed by atoms with van der Waals surface area (Å²) in [4.78, 5) is 32.2. The molecule has 96 valence electrons. The molecule has 1 unspecified atom stereocenters. The third kappa shape index (κ3) is 3.38. The SMILES string of the molecule is CC(C)C(C=O)OC(=O)c1ccc([N+](=O)[O-])cc1. The summed E-state index contributed by atoms with van der Waals surface area (Å²) in [5.41, 5.74) is 0.0652. The normalized spacial score (nSPS) is 11.9. The topological polar surface area (TPSA) is 86.5 Å². The van der Waals surface area contributed by atoms with Gasteiger partial charge in [-0.05, 0) is 18.1 Å². The van der Waals surface area contributed by atoms with Gasteiger partial charge in [-0.15, -0.1) is 0 Å². The zero-order valence-electron chi connectivity index (χ0n) is 10.0. The Morgan fingerprint density at radius 3 is 2.28 bits per heavy atom. The minimum absolute atomic E-state index is 0.109. The minimum atomic E-state index is -0.812. The van der Waals surface area contributed by atoms with Gasteiger partial charge in [-0.3, -0.25) is 14.9 Å². The fourth-order valence-corrected chi connectivity index (χ4v) is 1.23. The maximum Gasteiger partial charge on any atom is 0.338 e. The third-order valence-corrected chi connectivity index (χ3v) is 2.35. The molecule has 0 aliphatic rings. The Morgan fingerprint density at radius 2 is 1.89 bits per heavy atom. The lowest BCUT2D eigenvalue weighted by atomic mass is 10.1. The lowest BCUT2D eigenvalue weighted by Gasteiger charge is -2.15. The molecule has 0 aromatic heterocycles. The van der Waals surface area contributed by atoms with E-state index in [0.717, 1.165) is 0 Å². The zero-order chi connectivity index (χ0) is 13.7. The number of non-ortho nitro benzene ring substituents is 1. The molecule has 0 heterocycles. The second kappa shape index (κ2) is 5.90. The Bertz CT molecular complexity index is 452.